The number of benzene rings is 7. The summed E-state index contributed by atoms with van der Waals surface area (Å²) in [5.41, 5.74) is 10.8. The van der Waals surface area contributed by atoms with Crippen molar-refractivity contribution in [2.24, 2.45) is 9.98 Å². The van der Waals surface area contributed by atoms with Crippen LogP contribution < -0.4 is 5.32 Å². The van der Waals surface area contributed by atoms with E-state index in [1.807, 2.05) is 24.3 Å². The van der Waals surface area contributed by atoms with Crippen molar-refractivity contribution in [3.63, 3.8) is 0 Å². The molecule has 1 N–H and O–H groups in total. The van der Waals surface area contributed by atoms with Gasteiger partial charge in [-0.25, -0.2) is 9.98 Å². The Bertz CT molecular complexity index is 2400. The molecule has 47 heavy (non-hydrogen) atoms. The van der Waals surface area contributed by atoms with Crippen LogP contribution in [0.3, 0.4) is 0 Å². The second-order valence-electron chi connectivity index (χ2n) is 13.1. The molecular weight excluding hydrogens is 571 g/mol. The van der Waals surface area contributed by atoms with Crippen LogP contribution in [0.2, 0.25) is 0 Å². The van der Waals surface area contributed by atoms with E-state index < -0.39 is 0 Å². The highest BCUT2D eigenvalue weighted by Gasteiger charge is 2.38. The van der Waals surface area contributed by atoms with E-state index in [0.717, 1.165) is 28.4 Å². The molecule has 3 heteroatoms. The maximum absolute atomic E-state index is 5.11. The highest BCUT2D eigenvalue weighted by atomic mass is 15.2. The molecule has 9 rings (SSSR count). The second kappa shape index (κ2) is 10.6. The van der Waals surface area contributed by atoms with E-state index in [4.69, 9.17) is 9.98 Å². The number of amidine groups is 2. The van der Waals surface area contributed by atoms with E-state index in [1.54, 1.807) is 0 Å². The van der Waals surface area contributed by atoms with Crippen LogP contribution in [-0.4, -0.2) is 11.7 Å². The van der Waals surface area contributed by atoms with Crippen LogP contribution in [0.1, 0.15) is 47.8 Å². The number of hydrogen-bond donors (Lipinski definition) is 1. The molecule has 0 amide bonds. The molecular formula is C44H33N3. The standard InChI is InChI=1S/C44H33N3/c1-44(2)37-27-34(43-46-41(29-14-5-3-6-15-29)45-42(47-43)30-16-7-4-8-17-30)23-24-36(37)40-38(44)26-32-19-11-12-20-35(32)39(40)33-22-21-28-13-9-10-18-31(28)25-33/h3-27,41H,1-2H3,(H,45,46,47). The summed E-state index contributed by atoms with van der Waals surface area (Å²) < 4.78 is 0. The second-order valence-corrected chi connectivity index (χ2v) is 13.1. The smallest absolute Gasteiger partial charge is 0.159 e. The lowest BCUT2D eigenvalue weighted by atomic mass is 9.80. The fourth-order valence-corrected chi connectivity index (χ4v) is 7.46. The molecule has 0 bridgehead atoms. The fourth-order valence-electron chi connectivity index (χ4n) is 7.46. The van der Waals surface area contributed by atoms with Gasteiger partial charge in [-0.15, -0.1) is 0 Å². The average molecular weight is 604 g/mol. The maximum Gasteiger partial charge on any atom is 0.159 e. The third kappa shape index (κ3) is 4.50. The molecule has 0 radical (unpaired) electrons. The quantitative estimate of drug-likeness (QED) is 0.214. The van der Waals surface area contributed by atoms with Gasteiger partial charge < -0.3 is 5.32 Å². The van der Waals surface area contributed by atoms with Gasteiger partial charge in [0, 0.05) is 16.5 Å². The van der Waals surface area contributed by atoms with Crippen molar-refractivity contribution in [3.05, 3.63) is 179 Å². The first-order chi connectivity index (χ1) is 23.0. The van der Waals surface area contributed by atoms with E-state index in [2.05, 4.69) is 147 Å². The molecule has 1 aliphatic carbocycles. The Hall–Kier alpha value is -5.80. The first-order valence-electron chi connectivity index (χ1n) is 16.3. The third-order valence-electron chi connectivity index (χ3n) is 9.89. The number of fused-ring (bicyclic) bond motifs is 5. The van der Waals surface area contributed by atoms with Crippen LogP contribution in [-0.2, 0) is 5.41 Å². The number of rotatable bonds is 4. The SMILES string of the molecule is CC1(C)c2cc(C3=NC(c4ccccc4)=NC(c4ccccc4)N3)ccc2-c2c1cc1ccccc1c2-c1ccc2ccccc2c1. The van der Waals surface area contributed by atoms with Crippen LogP contribution >= 0.6 is 0 Å². The predicted octanol–water partition coefficient (Wildman–Crippen LogP) is 10.5. The van der Waals surface area contributed by atoms with Crippen LogP contribution in [0, 0.1) is 0 Å². The van der Waals surface area contributed by atoms with Crippen molar-refractivity contribution in [3.8, 4) is 22.3 Å². The van der Waals surface area contributed by atoms with E-state index in [9.17, 15) is 0 Å². The molecule has 1 unspecified atom stereocenters. The summed E-state index contributed by atoms with van der Waals surface area (Å²) in [5.74, 6) is 1.57. The molecule has 1 aliphatic heterocycles. The van der Waals surface area contributed by atoms with Gasteiger partial charge in [-0.2, -0.15) is 0 Å². The Morgan fingerprint density at radius 1 is 0.532 bits per heavy atom. The molecule has 0 fully saturated rings. The van der Waals surface area contributed by atoms with Crippen molar-refractivity contribution < 1.29 is 0 Å². The minimum absolute atomic E-state index is 0.208. The first kappa shape index (κ1) is 27.5. The van der Waals surface area contributed by atoms with Crippen molar-refractivity contribution in [2.75, 3.05) is 0 Å². The molecule has 3 nitrogen and oxygen atoms in total. The zero-order chi connectivity index (χ0) is 31.5. The summed E-state index contributed by atoms with van der Waals surface area (Å²) in [6.07, 6.45) is -0.234. The van der Waals surface area contributed by atoms with Gasteiger partial charge in [0.05, 0.1) is 0 Å². The Morgan fingerprint density at radius 2 is 1.21 bits per heavy atom. The molecule has 224 valence electrons. The zero-order valence-corrected chi connectivity index (χ0v) is 26.4. The lowest BCUT2D eigenvalue weighted by Crippen LogP contribution is -2.33. The summed E-state index contributed by atoms with van der Waals surface area (Å²) in [7, 11) is 0. The number of aliphatic imine (C=N–C) groups is 2. The van der Waals surface area contributed by atoms with E-state index in [1.165, 1.54) is 54.9 Å². The van der Waals surface area contributed by atoms with Crippen LogP contribution in [0.15, 0.2) is 162 Å². The Balaban J connectivity index is 1.22. The minimum Gasteiger partial charge on any atom is -0.344 e. The van der Waals surface area contributed by atoms with Crippen molar-refractivity contribution in [1.82, 2.24) is 5.32 Å². The van der Waals surface area contributed by atoms with Crippen molar-refractivity contribution in [1.29, 1.82) is 0 Å². The number of nitrogens with one attached hydrogen (secondary N) is 1. The summed E-state index contributed by atoms with van der Waals surface area (Å²) in [5, 5.41) is 8.73. The fraction of sp³-hybridized carbons (Fsp3) is 0.0909. The Morgan fingerprint density at radius 3 is 2.02 bits per heavy atom. The highest BCUT2D eigenvalue weighted by Crippen LogP contribution is 2.54. The molecule has 0 saturated carbocycles. The topological polar surface area (TPSA) is 36.8 Å². The average Bonchev–Trinajstić information content (AvgIpc) is 3.36. The lowest BCUT2D eigenvalue weighted by Gasteiger charge is -2.25. The summed E-state index contributed by atoms with van der Waals surface area (Å²) in [6.45, 7) is 4.72. The summed E-state index contributed by atoms with van der Waals surface area (Å²) >= 11 is 0. The maximum atomic E-state index is 5.11. The lowest BCUT2D eigenvalue weighted by molar-refractivity contribution is 0.659. The minimum atomic E-state index is -0.234. The van der Waals surface area contributed by atoms with Gasteiger partial charge in [-0.3, -0.25) is 0 Å². The van der Waals surface area contributed by atoms with Crippen LogP contribution in [0.25, 0.3) is 43.8 Å². The molecule has 0 spiro atoms. The molecule has 7 aromatic carbocycles. The molecule has 0 aromatic heterocycles. The number of hydrogen-bond acceptors (Lipinski definition) is 3. The normalized spacial score (nSPS) is 16.3. The molecule has 0 saturated heterocycles. The van der Waals surface area contributed by atoms with Gasteiger partial charge in [0.15, 0.2) is 5.84 Å². The van der Waals surface area contributed by atoms with Crippen LogP contribution in [0.5, 0.6) is 0 Å². The van der Waals surface area contributed by atoms with Crippen LogP contribution in [0.4, 0.5) is 0 Å². The molecule has 1 atom stereocenters. The Labute approximate surface area is 275 Å². The van der Waals surface area contributed by atoms with Gasteiger partial charge in [-0.05, 0) is 78.7 Å². The number of nitrogens with zero attached hydrogens (tertiary/aromatic N) is 2. The predicted molar refractivity (Wildman–Crippen MR) is 196 cm³/mol. The molecule has 2 aliphatic rings. The monoisotopic (exact) mass is 603 g/mol. The molecule has 7 aromatic rings. The first-order valence-corrected chi connectivity index (χ1v) is 16.3. The van der Waals surface area contributed by atoms with Crippen molar-refractivity contribution in [2.45, 2.75) is 25.4 Å². The van der Waals surface area contributed by atoms with E-state index >= 15 is 0 Å². The largest absolute Gasteiger partial charge is 0.344 e. The Kier molecular flexibility index (Phi) is 6.23. The third-order valence-corrected chi connectivity index (χ3v) is 9.89. The van der Waals surface area contributed by atoms with Gasteiger partial charge in [0.25, 0.3) is 0 Å². The molecule has 1 heterocycles. The zero-order valence-electron chi connectivity index (χ0n) is 26.4. The van der Waals surface area contributed by atoms with Crippen molar-refractivity contribution >= 4 is 33.2 Å². The van der Waals surface area contributed by atoms with Gasteiger partial charge in [-0.1, -0.05) is 147 Å². The van der Waals surface area contributed by atoms with Gasteiger partial charge in [0.2, 0.25) is 0 Å². The van der Waals surface area contributed by atoms with E-state index in [0.29, 0.717) is 0 Å². The van der Waals surface area contributed by atoms with E-state index in [-0.39, 0.29) is 11.6 Å². The van der Waals surface area contributed by atoms with Gasteiger partial charge in [0.1, 0.15) is 12.0 Å². The summed E-state index contributed by atoms with van der Waals surface area (Å²) in [4.78, 5) is 10.2. The van der Waals surface area contributed by atoms with Gasteiger partial charge >= 0.3 is 0 Å². The highest BCUT2D eigenvalue weighted by molar-refractivity contribution is 6.14. The summed E-state index contributed by atoms with van der Waals surface area (Å²) in [6, 6.07) is 54.3.